The predicted molar refractivity (Wildman–Crippen MR) is 74.3 cm³/mol. The summed E-state index contributed by atoms with van der Waals surface area (Å²) in [7, 11) is 0. The molecule has 4 nitrogen and oxygen atoms in total. The van der Waals surface area contributed by atoms with Crippen LogP contribution in [-0.2, 0) is 12.4 Å². The van der Waals surface area contributed by atoms with Gasteiger partial charge in [-0.2, -0.15) is 26.3 Å². The Morgan fingerprint density at radius 3 is 1.83 bits per heavy atom. The van der Waals surface area contributed by atoms with Crippen LogP contribution >= 0.6 is 22.7 Å². The zero-order chi connectivity index (χ0) is 17.5. The number of alkyl halides is 6. The number of rotatable bonds is 2. The number of thiazole rings is 2. The molecule has 3 rings (SSSR count). The van der Waals surface area contributed by atoms with Crippen LogP contribution < -0.4 is 0 Å². The Morgan fingerprint density at radius 2 is 1.29 bits per heavy atom. The molecular weight excluding hydrogens is 378 g/mol. The van der Waals surface area contributed by atoms with Gasteiger partial charge in [-0.3, -0.25) is 0 Å². The first kappa shape index (κ1) is 16.8. The topological polar surface area (TPSA) is 51.6 Å². The summed E-state index contributed by atoms with van der Waals surface area (Å²) in [4.78, 5) is 14.6. The molecule has 0 aliphatic heterocycles. The molecule has 0 unspecified atom stereocenters. The second kappa shape index (κ2) is 5.77. The van der Waals surface area contributed by atoms with Crippen molar-refractivity contribution in [3.63, 3.8) is 0 Å². The van der Waals surface area contributed by atoms with Gasteiger partial charge >= 0.3 is 12.4 Å². The van der Waals surface area contributed by atoms with Gasteiger partial charge in [0.2, 0.25) is 0 Å². The molecule has 0 saturated heterocycles. The molecule has 0 radical (unpaired) electrons. The molecule has 0 fully saturated rings. The molecule has 0 aliphatic rings. The summed E-state index contributed by atoms with van der Waals surface area (Å²) in [6, 6.07) is 1.32. The van der Waals surface area contributed by atoms with Crippen molar-refractivity contribution < 1.29 is 26.3 Å². The van der Waals surface area contributed by atoms with E-state index in [0.717, 1.165) is 22.1 Å². The van der Waals surface area contributed by atoms with Gasteiger partial charge in [-0.25, -0.2) is 19.9 Å². The molecule has 126 valence electrons. The largest absolute Gasteiger partial charge is 0.434 e. The highest BCUT2D eigenvalue weighted by atomic mass is 32.1. The zero-order valence-corrected chi connectivity index (χ0v) is 12.8. The maximum Gasteiger partial charge on any atom is 0.434 e. The molecule has 12 heteroatoms. The molecule has 0 bridgehead atoms. The minimum Gasteiger partial charge on any atom is -0.234 e. The van der Waals surface area contributed by atoms with Gasteiger partial charge in [0.25, 0.3) is 0 Å². The van der Waals surface area contributed by atoms with Gasteiger partial charge in [-0.05, 0) is 6.07 Å². The van der Waals surface area contributed by atoms with Crippen LogP contribution in [0.3, 0.4) is 0 Å². The van der Waals surface area contributed by atoms with E-state index in [-0.39, 0.29) is 21.5 Å². The highest BCUT2D eigenvalue weighted by Crippen LogP contribution is 2.35. The third-order valence-electron chi connectivity index (χ3n) is 2.66. The summed E-state index contributed by atoms with van der Waals surface area (Å²) in [6.45, 7) is 0. The lowest BCUT2D eigenvalue weighted by atomic mass is 10.4. The SMILES string of the molecule is FC(F)(F)c1csc(-c2ccnc(-c3nc(C(F)(F)F)cs3)n2)n1. The molecular formula is C12H4F6N4S2. The molecule has 3 heterocycles. The first-order valence-electron chi connectivity index (χ1n) is 6.04. The normalized spacial score (nSPS) is 12.6. The average molecular weight is 382 g/mol. The number of hydrogen-bond acceptors (Lipinski definition) is 6. The van der Waals surface area contributed by atoms with Crippen molar-refractivity contribution in [1.82, 2.24) is 19.9 Å². The summed E-state index contributed by atoms with van der Waals surface area (Å²) >= 11 is 1.41. The standard InChI is InChI=1S/C12H4F6N4S2/c13-11(14,15)6-3-23-9(21-6)5-1-2-19-8(20-5)10-22-7(4-24-10)12(16,17)18/h1-4H. The number of nitrogens with zero attached hydrogens (tertiary/aromatic N) is 4. The van der Waals surface area contributed by atoms with Crippen molar-refractivity contribution in [3.05, 3.63) is 34.4 Å². The Bertz CT molecular complexity index is 799. The van der Waals surface area contributed by atoms with E-state index in [9.17, 15) is 26.3 Å². The smallest absolute Gasteiger partial charge is 0.234 e. The Balaban J connectivity index is 1.95. The number of aromatic nitrogens is 4. The number of hydrogen-bond donors (Lipinski definition) is 0. The van der Waals surface area contributed by atoms with Gasteiger partial charge in [0.15, 0.2) is 22.2 Å². The second-order valence-electron chi connectivity index (χ2n) is 4.34. The lowest BCUT2D eigenvalue weighted by Crippen LogP contribution is -2.05. The van der Waals surface area contributed by atoms with E-state index in [0.29, 0.717) is 11.3 Å². The van der Waals surface area contributed by atoms with Crippen LogP contribution in [0.4, 0.5) is 26.3 Å². The van der Waals surface area contributed by atoms with Crippen LogP contribution in [-0.4, -0.2) is 19.9 Å². The first-order valence-corrected chi connectivity index (χ1v) is 7.80. The molecule has 24 heavy (non-hydrogen) atoms. The summed E-state index contributed by atoms with van der Waals surface area (Å²) < 4.78 is 75.4. The molecule has 0 amide bonds. The quantitative estimate of drug-likeness (QED) is 0.600. The highest BCUT2D eigenvalue weighted by molar-refractivity contribution is 7.13. The van der Waals surface area contributed by atoms with E-state index in [4.69, 9.17) is 0 Å². The van der Waals surface area contributed by atoms with E-state index >= 15 is 0 Å². The molecule has 0 aromatic carbocycles. The lowest BCUT2D eigenvalue weighted by Gasteiger charge is -2.01. The van der Waals surface area contributed by atoms with Crippen LogP contribution in [0.5, 0.6) is 0 Å². The summed E-state index contributed by atoms with van der Waals surface area (Å²) in [5.74, 6) is -0.114. The first-order chi connectivity index (χ1) is 11.1. The predicted octanol–water partition coefficient (Wildman–Crippen LogP) is 4.76. The fourth-order valence-electron chi connectivity index (χ4n) is 1.61. The van der Waals surface area contributed by atoms with Crippen LogP contribution in [0, 0.1) is 0 Å². The minimum atomic E-state index is -4.59. The fourth-order valence-corrected chi connectivity index (χ4v) is 3.17. The van der Waals surface area contributed by atoms with Crippen molar-refractivity contribution in [2.75, 3.05) is 0 Å². The Kier molecular flexibility index (Phi) is 4.03. The van der Waals surface area contributed by atoms with Crippen molar-refractivity contribution in [2.45, 2.75) is 12.4 Å². The zero-order valence-electron chi connectivity index (χ0n) is 11.2. The van der Waals surface area contributed by atoms with E-state index in [1.165, 1.54) is 12.3 Å². The van der Waals surface area contributed by atoms with Crippen LogP contribution in [0.15, 0.2) is 23.0 Å². The summed E-state index contributed by atoms with van der Waals surface area (Å²) in [5, 5.41) is 1.55. The maximum atomic E-state index is 12.6. The summed E-state index contributed by atoms with van der Waals surface area (Å²) in [5.41, 5.74) is -2.06. The van der Waals surface area contributed by atoms with E-state index < -0.39 is 23.7 Å². The molecule has 0 atom stereocenters. The van der Waals surface area contributed by atoms with Gasteiger partial charge in [-0.1, -0.05) is 0 Å². The third-order valence-corrected chi connectivity index (χ3v) is 4.36. The van der Waals surface area contributed by atoms with Crippen LogP contribution in [0.25, 0.3) is 21.5 Å². The van der Waals surface area contributed by atoms with Crippen molar-refractivity contribution in [3.8, 4) is 21.5 Å². The van der Waals surface area contributed by atoms with Gasteiger partial charge in [0.05, 0.1) is 0 Å². The van der Waals surface area contributed by atoms with Crippen LogP contribution in [0.1, 0.15) is 11.4 Å². The highest BCUT2D eigenvalue weighted by Gasteiger charge is 2.35. The summed E-state index contributed by atoms with van der Waals surface area (Å²) in [6.07, 6.45) is -7.95. The maximum absolute atomic E-state index is 12.6. The average Bonchev–Trinajstić information content (AvgIpc) is 3.16. The molecule has 0 saturated carbocycles. The van der Waals surface area contributed by atoms with E-state index in [2.05, 4.69) is 19.9 Å². The fraction of sp³-hybridized carbons (Fsp3) is 0.167. The lowest BCUT2D eigenvalue weighted by molar-refractivity contribution is -0.141. The third kappa shape index (κ3) is 3.38. The molecule has 3 aromatic rings. The second-order valence-corrected chi connectivity index (χ2v) is 6.05. The molecule has 0 spiro atoms. The van der Waals surface area contributed by atoms with Crippen molar-refractivity contribution in [1.29, 1.82) is 0 Å². The molecule has 0 aliphatic carbocycles. The van der Waals surface area contributed by atoms with Gasteiger partial charge in [0, 0.05) is 17.0 Å². The molecule has 3 aromatic heterocycles. The van der Waals surface area contributed by atoms with Gasteiger partial charge in [0.1, 0.15) is 10.7 Å². The Labute approximate surface area is 137 Å². The van der Waals surface area contributed by atoms with Crippen molar-refractivity contribution >= 4 is 22.7 Å². The van der Waals surface area contributed by atoms with E-state index in [1.807, 2.05) is 0 Å². The minimum absolute atomic E-state index is 0.0152. The Morgan fingerprint density at radius 1 is 0.750 bits per heavy atom. The molecule has 0 N–H and O–H groups in total. The number of halogens is 6. The van der Waals surface area contributed by atoms with Crippen molar-refractivity contribution in [2.24, 2.45) is 0 Å². The Hall–Kier alpha value is -2.08. The van der Waals surface area contributed by atoms with Crippen LogP contribution in [0.2, 0.25) is 0 Å². The van der Waals surface area contributed by atoms with Gasteiger partial charge in [-0.15, -0.1) is 22.7 Å². The van der Waals surface area contributed by atoms with E-state index in [1.54, 1.807) is 0 Å². The van der Waals surface area contributed by atoms with Gasteiger partial charge < -0.3 is 0 Å². The monoisotopic (exact) mass is 382 g/mol.